The number of carbonyl (C=O) groups is 1. The second-order valence-corrected chi connectivity index (χ2v) is 18.1. The van der Waals surface area contributed by atoms with Crippen LogP contribution < -0.4 is 10.6 Å². The first-order chi connectivity index (χ1) is 22.2. The number of carboxylic acids is 1. The molecule has 3 fully saturated rings. The van der Waals surface area contributed by atoms with Crippen molar-refractivity contribution in [2.75, 3.05) is 18.4 Å². The van der Waals surface area contributed by atoms with E-state index in [9.17, 15) is 9.90 Å². The Labute approximate surface area is 288 Å². The molecule has 1 aromatic carbocycles. The number of rotatable bonds is 11. The van der Waals surface area contributed by atoms with Crippen molar-refractivity contribution in [1.82, 2.24) is 10.3 Å². The number of carboxylic acid groups (broad SMARTS) is 1. The van der Waals surface area contributed by atoms with E-state index in [2.05, 4.69) is 69.8 Å². The molecule has 0 bridgehead atoms. The summed E-state index contributed by atoms with van der Waals surface area (Å²) in [5, 5.41) is 20.1. The monoisotopic (exact) mass is 657 g/mol. The van der Waals surface area contributed by atoms with Crippen LogP contribution in [0.3, 0.4) is 0 Å². The van der Waals surface area contributed by atoms with Crippen LogP contribution in [0.15, 0.2) is 54.1 Å². The molecule has 7 unspecified atom stereocenters. The normalized spacial score (nSPS) is 36.2. The predicted octanol–water partition coefficient (Wildman–Crippen LogP) is 10.5. The number of aromatic carboxylic acids is 1. The van der Waals surface area contributed by atoms with E-state index in [-0.39, 0.29) is 16.4 Å². The van der Waals surface area contributed by atoms with Crippen molar-refractivity contribution in [3.05, 3.63) is 65.2 Å². The van der Waals surface area contributed by atoms with Crippen LogP contribution in [0.25, 0.3) is 5.57 Å². The van der Waals surface area contributed by atoms with E-state index < -0.39 is 5.97 Å². The molecule has 0 saturated heterocycles. The maximum Gasteiger partial charge on any atom is 0.335 e. The highest BCUT2D eigenvalue weighted by atomic mass is 32.1. The quantitative estimate of drug-likeness (QED) is 0.166. The Bertz CT molecular complexity index is 1480. The zero-order valence-corrected chi connectivity index (χ0v) is 30.7. The van der Waals surface area contributed by atoms with Crippen LogP contribution >= 0.6 is 11.3 Å². The second kappa shape index (κ2) is 12.8. The summed E-state index contributed by atoms with van der Waals surface area (Å²) in [5.41, 5.74) is 5.43. The Hall–Kier alpha value is -2.44. The van der Waals surface area contributed by atoms with Gasteiger partial charge in [-0.3, -0.25) is 0 Å². The van der Waals surface area contributed by atoms with Crippen LogP contribution in [-0.4, -0.2) is 34.7 Å². The third-order valence-corrected chi connectivity index (χ3v) is 15.2. The number of allylic oxidation sites excluding steroid dienone is 3. The number of thiazole rings is 1. The molecule has 6 heteroatoms. The summed E-state index contributed by atoms with van der Waals surface area (Å²) < 4.78 is 0. The van der Waals surface area contributed by atoms with E-state index in [1.165, 1.54) is 80.9 Å². The van der Waals surface area contributed by atoms with Gasteiger partial charge < -0.3 is 15.7 Å². The van der Waals surface area contributed by atoms with Gasteiger partial charge in [0.15, 0.2) is 5.13 Å². The van der Waals surface area contributed by atoms with Crippen molar-refractivity contribution in [1.29, 1.82) is 0 Å². The van der Waals surface area contributed by atoms with Gasteiger partial charge in [-0.15, -0.1) is 11.3 Å². The number of hydrogen-bond acceptors (Lipinski definition) is 5. The molecule has 0 spiro atoms. The van der Waals surface area contributed by atoms with Crippen molar-refractivity contribution in [2.24, 2.45) is 39.4 Å². The Morgan fingerprint density at radius 2 is 1.77 bits per heavy atom. The van der Waals surface area contributed by atoms with Gasteiger partial charge in [0, 0.05) is 30.2 Å². The number of anilines is 1. The van der Waals surface area contributed by atoms with Crippen LogP contribution in [0.4, 0.5) is 5.13 Å². The Morgan fingerprint density at radius 3 is 2.43 bits per heavy atom. The highest BCUT2D eigenvalue weighted by Crippen LogP contribution is 2.72. The fourth-order valence-electron chi connectivity index (χ4n) is 11.6. The zero-order chi connectivity index (χ0) is 33.7. The lowest BCUT2D eigenvalue weighted by Crippen LogP contribution is -2.60. The molecule has 7 atom stereocenters. The van der Waals surface area contributed by atoms with Gasteiger partial charge in [-0.2, -0.15) is 0 Å². The zero-order valence-electron chi connectivity index (χ0n) is 29.9. The largest absolute Gasteiger partial charge is 0.478 e. The van der Waals surface area contributed by atoms with Crippen molar-refractivity contribution in [3.8, 4) is 0 Å². The van der Waals surface area contributed by atoms with Gasteiger partial charge >= 0.3 is 5.97 Å². The van der Waals surface area contributed by atoms with E-state index in [1.807, 2.05) is 23.7 Å². The number of fused-ring (bicyclic) bond motifs is 3. The standard InChI is InChI=1S/C41H59N3O2S/c1-28(2)31-14-20-41(27-31,44-24-23-42-36-43-25-26-47-36)22-21-38(5)17-8-9-34-39(6)18-15-32(29-10-12-30(13-11-29)35(45)46)37(3,4)33(39)16-19-40(34,38)7/h10-13,15,25-26,31,33-34,44H,1,8-9,14,16-24,27H2,2-7H3,(H,42,43)(H,45,46). The van der Waals surface area contributed by atoms with Gasteiger partial charge in [-0.25, -0.2) is 9.78 Å². The third-order valence-electron chi connectivity index (χ3n) is 14.5. The minimum absolute atomic E-state index is 0.0367. The van der Waals surface area contributed by atoms with Crippen molar-refractivity contribution in [3.63, 3.8) is 0 Å². The van der Waals surface area contributed by atoms with E-state index in [0.29, 0.717) is 34.1 Å². The van der Waals surface area contributed by atoms with Gasteiger partial charge in [0.05, 0.1) is 5.56 Å². The first-order valence-electron chi connectivity index (χ1n) is 18.3. The molecule has 256 valence electrons. The van der Waals surface area contributed by atoms with Crippen LogP contribution in [0.1, 0.15) is 128 Å². The number of nitrogens with one attached hydrogen (secondary N) is 2. The molecular weight excluding hydrogens is 599 g/mol. The van der Waals surface area contributed by atoms with E-state index >= 15 is 0 Å². The lowest BCUT2D eigenvalue weighted by atomic mass is 9.36. The Morgan fingerprint density at radius 1 is 1.00 bits per heavy atom. The van der Waals surface area contributed by atoms with Gasteiger partial charge in [0.25, 0.3) is 0 Å². The van der Waals surface area contributed by atoms with Crippen molar-refractivity contribution >= 4 is 28.0 Å². The molecule has 6 rings (SSSR count). The first kappa shape index (κ1) is 34.4. The van der Waals surface area contributed by atoms with Gasteiger partial charge in [-0.05, 0) is 134 Å². The summed E-state index contributed by atoms with van der Waals surface area (Å²) in [5.74, 6) is 1.08. The third kappa shape index (κ3) is 6.16. The second-order valence-electron chi connectivity index (χ2n) is 17.2. The molecule has 1 aromatic heterocycles. The SMILES string of the molecule is C=C(C)C1CCC(CCC2(C)CCCC3C4(C)CC=C(c5ccc(C(=O)O)cc5)C(C)(C)C4CCC32C)(NCCNc2nccs2)C1. The molecule has 0 amide bonds. The summed E-state index contributed by atoms with van der Waals surface area (Å²) in [4.78, 5) is 15.9. The van der Waals surface area contributed by atoms with E-state index in [0.717, 1.165) is 24.6 Å². The number of nitrogens with zero attached hydrogens (tertiary/aromatic N) is 1. The topological polar surface area (TPSA) is 74.2 Å². The predicted molar refractivity (Wildman–Crippen MR) is 197 cm³/mol. The maximum absolute atomic E-state index is 11.5. The Balaban J connectivity index is 1.21. The molecule has 47 heavy (non-hydrogen) atoms. The fourth-order valence-corrected chi connectivity index (χ4v) is 12.1. The summed E-state index contributed by atoms with van der Waals surface area (Å²) in [6.45, 7) is 21.4. The van der Waals surface area contributed by atoms with Gasteiger partial charge in [-0.1, -0.05) is 71.4 Å². The van der Waals surface area contributed by atoms with Crippen LogP contribution in [0.2, 0.25) is 0 Å². The molecular formula is C41H59N3O2S. The fraction of sp³-hybridized carbons (Fsp3) is 0.659. The summed E-state index contributed by atoms with van der Waals surface area (Å²) in [6.07, 6.45) is 18.3. The highest BCUT2D eigenvalue weighted by Gasteiger charge is 2.64. The van der Waals surface area contributed by atoms with E-state index in [1.54, 1.807) is 23.5 Å². The molecule has 0 aliphatic heterocycles. The molecule has 4 aliphatic carbocycles. The van der Waals surface area contributed by atoms with Gasteiger partial charge in [0.1, 0.15) is 0 Å². The van der Waals surface area contributed by atoms with Gasteiger partial charge in [0.2, 0.25) is 0 Å². The maximum atomic E-state index is 11.5. The lowest BCUT2D eigenvalue weighted by molar-refractivity contribution is -0.171. The van der Waals surface area contributed by atoms with Crippen molar-refractivity contribution < 1.29 is 9.90 Å². The average Bonchev–Trinajstić information content (AvgIpc) is 3.70. The molecule has 5 nitrogen and oxygen atoms in total. The Kier molecular flexibility index (Phi) is 9.36. The smallest absolute Gasteiger partial charge is 0.335 e. The molecule has 2 aromatic rings. The van der Waals surface area contributed by atoms with Crippen LogP contribution in [0, 0.1) is 39.4 Å². The van der Waals surface area contributed by atoms with Crippen molar-refractivity contribution in [2.45, 2.75) is 118 Å². The number of benzene rings is 1. The summed E-state index contributed by atoms with van der Waals surface area (Å²) in [6, 6.07) is 7.61. The van der Waals surface area contributed by atoms with Crippen LogP contribution in [-0.2, 0) is 0 Å². The van der Waals surface area contributed by atoms with Crippen LogP contribution in [0.5, 0.6) is 0 Å². The highest BCUT2D eigenvalue weighted by molar-refractivity contribution is 7.13. The summed E-state index contributed by atoms with van der Waals surface area (Å²) in [7, 11) is 0. The lowest BCUT2D eigenvalue weighted by Gasteiger charge is -2.68. The summed E-state index contributed by atoms with van der Waals surface area (Å²) >= 11 is 1.67. The molecule has 4 aliphatic rings. The minimum atomic E-state index is -0.859. The number of hydrogen-bond donors (Lipinski definition) is 3. The average molecular weight is 658 g/mol. The first-order valence-corrected chi connectivity index (χ1v) is 19.2. The number of aromatic nitrogens is 1. The molecule has 3 N–H and O–H groups in total. The molecule has 3 saturated carbocycles. The minimum Gasteiger partial charge on any atom is -0.478 e. The molecule has 1 heterocycles. The molecule has 0 radical (unpaired) electrons. The van der Waals surface area contributed by atoms with E-state index in [4.69, 9.17) is 0 Å².